The highest BCUT2D eigenvalue weighted by molar-refractivity contribution is 5.90. The second-order valence-corrected chi connectivity index (χ2v) is 13.0. The first-order valence-corrected chi connectivity index (χ1v) is 16.8. The van der Waals surface area contributed by atoms with Gasteiger partial charge in [0.05, 0.1) is 5.52 Å². The Morgan fingerprint density at radius 2 is 1.20 bits per heavy atom. The third-order valence-corrected chi connectivity index (χ3v) is 9.68. The van der Waals surface area contributed by atoms with Crippen molar-refractivity contribution in [2.75, 3.05) is 24.3 Å². The molecule has 0 unspecified atom stereocenters. The molecule has 1 heterocycles. The molecule has 2 atom stereocenters. The van der Waals surface area contributed by atoms with Gasteiger partial charge in [-0.3, -0.25) is 4.90 Å². The molecule has 1 aromatic heterocycles. The Hall–Kier alpha value is -4.26. The van der Waals surface area contributed by atoms with Crippen molar-refractivity contribution in [1.29, 1.82) is 0 Å². The summed E-state index contributed by atoms with van der Waals surface area (Å²) in [5.41, 5.74) is 6.44. The molecule has 0 aliphatic heterocycles. The van der Waals surface area contributed by atoms with Gasteiger partial charge in [0.2, 0.25) is 5.95 Å². The Morgan fingerprint density at radius 1 is 0.652 bits per heavy atom. The third-order valence-electron chi connectivity index (χ3n) is 9.68. The average molecular weight is 613 g/mol. The fraction of sp³-hybridized carbons (Fsp3) is 0.350. The van der Waals surface area contributed by atoms with Crippen molar-refractivity contribution in [3.05, 3.63) is 131 Å². The van der Waals surface area contributed by atoms with E-state index in [0.29, 0.717) is 12.1 Å². The first kappa shape index (κ1) is 31.7. The summed E-state index contributed by atoms with van der Waals surface area (Å²) in [6.07, 6.45) is 4.47. The summed E-state index contributed by atoms with van der Waals surface area (Å²) in [6, 6.07) is 40.5. The van der Waals surface area contributed by atoms with E-state index in [2.05, 4.69) is 131 Å². The van der Waals surface area contributed by atoms with Gasteiger partial charge in [-0.05, 0) is 73.9 Å². The first-order chi connectivity index (χ1) is 22.5. The molecule has 6 rings (SSSR count). The SMILES string of the molecule is C[C@H](c1ccccc1)N(Cc1ccccc1CNC1CCC(Nc2nc(N(C)C)c3ccccc3n2)CC1)[C@H](C)c1ccccc1. The fourth-order valence-corrected chi connectivity index (χ4v) is 6.88. The van der Waals surface area contributed by atoms with Crippen molar-refractivity contribution in [1.82, 2.24) is 20.2 Å². The number of nitrogens with zero attached hydrogens (tertiary/aromatic N) is 4. The lowest BCUT2D eigenvalue weighted by atomic mass is 9.91. The number of para-hydroxylation sites is 1. The van der Waals surface area contributed by atoms with Crippen molar-refractivity contribution < 1.29 is 0 Å². The van der Waals surface area contributed by atoms with Gasteiger partial charge in [-0.2, -0.15) is 4.98 Å². The zero-order valence-corrected chi connectivity index (χ0v) is 27.7. The van der Waals surface area contributed by atoms with Crippen LogP contribution >= 0.6 is 0 Å². The highest BCUT2D eigenvalue weighted by Crippen LogP contribution is 2.33. The molecule has 238 valence electrons. The maximum atomic E-state index is 4.87. The molecule has 0 bridgehead atoms. The highest BCUT2D eigenvalue weighted by Gasteiger charge is 2.25. The van der Waals surface area contributed by atoms with Crippen LogP contribution < -0.4 is 15.5 Å². The molecule has 1 fully saturated rings. The van der Waals surface area contributed by atoms with E-state index in [1.54, 1.807) is 0 Å². The Morgan fingerprint density at radius 3 is 1.83 bits per heavy atom. The van der Waals surface area contributed by atoms with Gasteiger partial charge in [0, 0.05) is 56.7 Å². The molecule has 0 radical (unpaired) electrons. The Balaban J connectivity index is 1.09. The molecule has 0 saturated heterocycles. The van der Waals surface area contributed by atoms with Crippen LogP contribution in [0.1, 0.15) is 73.9 Å². The molecular formula is C40H48N6. The molecule has 1 aliphatic carbocycles. The molecule has 5 aromatic rings. The second-order valence-electron chi connectivity index (χ2n) is 13.0. The van der Waals surface area contributed by atoms with Gasteiger partial charge in [0.15, 0.2) is 0 Å². The van der Waals surface area contributed by atoms with Gasteiger partial charge < -0.3 is 15.5 Å². The van der Waals surface area contributed by atoms with E-state index in [-0.39, 0.29) is 12.1 Å². The molecular weight excluding hydrogens is 564 g/mol. The van der Waals surface area contributed by atoms with Gasteiger partial charge in [-0.15, -0.1) is 0 Å². The molecule has 46 heavy (non-hydrogen) atoms. The van der Waals surface area contributed by atoms with Crippen LogP contribution in [0.2, 0.25) is 0 Å². The van der Waals surface area contributed by atoms with Crippen LogP contribution in [0.5, 0.6) is 0 Å². The van der Waals surface area contributed by atoms with Crippen LogP contribution in [-0.4, -0.2) is 41.0 Å². The molecule has 2 N–H and O–H groups in total. The quantitative estimate of drug-likeness (QED) is 0.147. The van der Waals surface area contributed by atoms with Gasteiger partial charge >= 0.3 is 0 Å². The van der Waals surface area contributed by atoms with Crippen molar-refractivity contribution in [3.63, 3.8) is 0 Å². The number of rotatable bonds is 12. The summed E-state index contributed by atoms with van der Waals surface area (Å²) in [7, 11) is 4.08. The highest BCUT2D eigenvalue weighted by atomic mass is 15.2. The maximum Gasteiger partial charge on any atom is 0.225 e. The zero-order valence-electron chi connectivity index (χ0n) is 27.7. The molecule has 6 nitrogen and oxygen atoms in total. The van der Waals surface area contributed by atoms with Crippen molar-refractivity contribution in [3.8, 4) is 0 Å². The van der Waals surface area contributed by atoms with E-state index in [4.69, 9.17) is 9.97 Å². The van der Waals surface area contributed by atoms with Crippen LogP contribution in [-0.2, 0) is 13.1 Å². The molecule has 1 aliphatic rings. The number of aromatic nitrogens is 2. The van der Waals surface area contributed by atoms with Crippen LogP contribution in [0.4, 0.5) is 11.8 Å². The minimum absolute atomic E-state index is 0.278. The van der Waals surface area contributed by atoms with Crippen LogP contribution in [0, 0.1) is 0 Å². The molecule has 0 amide bonds. The number of nitrogens with one attached hydrogen (secondary N) is 2. The van der Waals surface area contributed by atoms with Crippen LogP contribution in [0.15, 0.2) is 109 Å². The predicted octanol–water partition coefficient (Wildman–Crippen LogP) is 8.53. The lowest BCUT2D eigenvalue weighted by Crippen LogP contribution is -2.37. The normalized spacial score (nSPS) is 17.9. The lowest BCUT2D eigenvalue weighted by molar-refractivity contribution is 0.144. The summed E-state index contributed by atoms with van der Waals surface area (Å²) in [6.45, 7) is 6.45. The van der Waals surface area contributed by atoms with E-state index in [0.717, 1.165) is 61.4 Å². The Labute approximate surface area is 274 Å². The smallest absolute Gasteiger partial charge is 0.225 e. The standard InChI is InChI=1S/C40H48N6/c1-29(31-15-7-5-8-16-31)46(30(2)32-17-9-6-10-18-32)28-34-20-12-11-19-33(34)27-41-35-23-25-36(26-24-35)42-40-43-38-22-14-13-21-37(38)39(44-40)45(3)4/h5-22,29-30,35-36,41H,23-28H2,1-4H3,(H,42,43,44)/t29-,30-,35?,36?/m1/s1. The maximum absolute atomic E-state index is 4.87. The minimum Gasteiger partial charge on any atom is -0.362 e. The number of fused-ring (bicyclic) bond motifs is 1. The fourth-order valence-electron chi connectivity index (χ4n) is 6.88. The number of anilines is 2. The van der Waals surface area contributed by atoms with Gasteiger partial charge in [0.25, 0.3) is 0 Å². The van der Waals surface area contributed by atoms with E-state index in [9.17, 15) is 0 Å². The van der Waals surface area contributed by atoms with E-state index in [1.165, 1.54) is 22.3 Å². The number of hydrogen-bond acceptors (Lipinski definition) is 6. The summed E-state index contributed by atoms with van der Waals surface area (Å²) >= 11 is 0. The van der Waals surface area contributed by atoms with E-state index >= 15 is 0 Å². The second kappa shape index (κ2) is 14.9. The van der Waals surface area contributed by atoms with Crippen molar-refractivity contribution >= 4 is 22.7 Å². The number of benzene rings is 4. The summed E-state index contributed by atoms with van der Waals surface area (Å²) in [4.78, 5) is 14.4. The predicted molar refractivity (Wildman–Crippen MR) is 192 cm³/mol. The summed E-state index contributed by atoms with van der Waals surface area (Å²) in [5.74, 6) is 1.68. The van der Waals surface area contributed by atoms with Gasteiger partial charge in [-0.25, -0.2) is 4.98 Å². The third kappa shape index (κ3) is 7.57. The van der Waals surface area contributed by atoms with Crippen LogP contribution in [0.3, 0.4) is 0 Å². The molecule has 4 aromatic carbocycles. The van der Waals surface area contributed by atoms with Crippen molar-refractivity contribution in [2.24, 2.45) is 0 Å². The molecule has 1 saturated carbocycles. The lowest BCUT2D eigenvalue weighted by Gasteiger charge is -2.36. The van der Waals surface area contributed by atoms with Crippen molar-refractivity contribution in [2.45, 2.75) is 76.8 Å². The van der Waals surface area contributed by atoms with E-state index < -0.39 is 0 Å². The largest absolute Gasteiger partial charge is 0.362 e. The molecule has 6 heteroatoms. The monoisotopic (exact) mass is 612 g/mol. The average Bonchev–Trinajstić information content (AvgIpc) is 3.10. The topological polar surface area (TPSA) is 56.3 Å². The van der Waals surface area contributed by atoms with Gasteiger partial charge in [0.1, 0.15) is 5.82 Å². The Bertz CT molecular complexity index is 1640. The molecule has 0 spiro atoms. The first-order valence-electron chi connectivity index (χ1n) is 16.8. The zero-order chi connectivity index (χ0) is 31.9. The Kier molecular flexibility index (Phi) is 10.3. The summed E-state index contributed by atoms with van der Waals surface area (Å²) in [5, 5.41) is 8.66. The number of hydrogen-bond donors (Lipinski definition) is 2. The summed E-state index contributed by atoms with van der Waals surface area (Å²) < 4.78 is 0. The van der Waals surface area contributed by atoms with Gasteiger partial charge in [-0.1, -0.05) is 97.1 Å². The van der Waals surface area contributed by atoms with Crippen LogP contribution in [0.25, 0.3) is 10.9 Å². The minimum atomic E-state index is 0.278. The van der Waals surface area contributed by atoms with E-state index in [1.807, 2.05) is 26.2 Å².